The molecule has 4 nitrogen and oxygen atoms in total. The van der Waals surface area contributed by atoms with E-state index in [0.717, 1.165) is 24.5 Å². The van der Waals surface area contributed by atoms with Crippen molar-refractivity contribution in [2.75, 3.05) is 24.7 Å². The van der Waals surface area contributed by atoms with Crippen LogP contribution < -0.4 is 21.5 Å². The summed E-state index contributed by atoms with van der Waals surface area (Å²) >= 11 is 0. The number of anilines is 2. The van der Waals surface area contributed by atoms with Gasteiger partial charge in [-0.3, -0.25) is 10.9 Å². The molecule has 0 radical (unpaired) electrons. The number of hydrazine groups is 1. The molecule has 0 aliphatic heterocycles. The zero-order valence-electron chi connectivity index (χ0n) is 12.0. The van der Waals surface area contributed by atoms with Crippen LogP contribution in [0.4, 0.5) is 11.4 Å². The van der Waals surface area contributed by atoms with Crippen LogP contribution in [-0.4, -0.2) is 14.1 Å². The Balaban J connectivity index is 1.75. The van der Waals surface area contributed by atoms with E-state index in [9.17, 15) is 0 Å². The largest absolute Gasteiger partial charge is 0.388 e. The maximum absolute atomic E-state index is 3.24. The van der Waals surface area contributed by atoms with E-state index in [2.05, 4.69) is 70.0 Å². The van der Waals surface area contributed by atoms with E-state index in [-0.39, 0.29) is 0 Å². The summed E-state index contributed by atoms with van der Waals surface area (Å²) in [6.45, 7) is 1.60. The lowest BCUT2D eigenvalue weighted by molar-refractivity contribution is 0.530. The molecule has 4 heteroatoms. The van der Waals surface area contributed by atoms with E-state index in [4.69, 9.17) is 0 Å². The average molecular weight is 270 g/mol. The highest BCUT2D eigenvalue weighted by Crippen LogP contribution is 2.09. The summed E-state index contributed by atoms with van der Waals surface area (Å²) in [5, 5.41) is 6.25. The van der Waals surface area contributed by atoms with Crippen molar-refractivity contribution in [1.82, 2.24) is 10.9 Å². The first-order valence-electron chi connectivity index (χ1n) is 6.81. The Morgan fingerprint density at radius 3 is 2.00 bits per heavy atom. The van der Waals surface area contributed by atoms with Crippen molar-refractivity contribution in [3.63, 3.8) is 0 Å². The topological polar surface area (TPSA) is 48.1 Å². The van der Waals surface area contributed by atoms with Gasteiger partial charge in [0.25, 0.3) is 0 Å². The quantitative estimate of drug-likeness (QED) is 0.461. The second kappa shape index (κ2) is 7.53. The SMILES string of the molecule is CNc1ccc(CNNCc2cccc(NC)c2)cc1. The lowest BCUT2D eigenvalue weighted by Crippen LogP contribution is -2.30. The Bertz CT molecular complexity index is 522. The third-order valence-electron chi connectivity index (χ3n) is 3.17. The normalized spacial score (nSPS) is 10.3. The summed E-state index contributed by atoms with van der Waals surface area (Å²) in [5.41, 5.74) is 11.2. The molecule has 2 rings (SSSR count). The van der Waals surface area contributed by atoms with Gasteiger partial charge in [-0.15, -0.1) is 0 Å². The van der Waals surface area contributed by atoms with E-state index in [1.165, 1.54) is 11.1 Å². The third-order valence-corrected chi connectivity index (χ3v) is 3.17. The molecule has 20 heavy (non-hydrogen) atoms. The van der Waals surface area contributed by atoms with Crippen LogP contribution in [-0.2, 0) is 13.1 Å². The van der Waals surface area contributed by atoms with Gasteiger partial charge >= 0.3 is 0 Å². The van der Waals surface area contributed by atoms with Crippen LogP contribution in [0.1, 0.15) is 11.1 Å². The highest BCUT2D eigenvalue weighted by molar-refractivity contribution is 5.45. The first kappa shape index (κ1) is 14.4. The van der Waals surface area contributed by atoms with Crippen LogP contribution in [0.3, 0.4) is 0 Å². The summed E-state index contributed by atoms with van der Waals surface area (Å²) in [6.07, 6.45) is 0. The van der Waals surface area contributed by atoms with Crippen LogP contribution in [0.2, 0.25) is 0 Å². The Hall–Kier alpha value is -2.04. The minimum atomic E-state index is 0.796. The number of nitrogens with one attached hydrogen (secondary N) is 4. The lowest BCUT2D eigenvalue weighted by atomic mass is 10.2. The van der Waals surface area contributed by atoms with E-state index in [0.29, 0.717) is 0 Å². The summed E-state index contributed by atoms with van der Waals surface area (Å²) in [7, 11) is 3.85. The Labute approximate surface area is 120 Å². The molecule has 0 amide bonds. The van der Waals surface area contributed by atoms with Gasteiger partial charge in [-0.2, -0.15) is 0 Å². The molecule has 0 saturated carbocycles. The van der Waals surface area contributed by atoms with Gasteiger partial charge in [0.15, 0.2) is 0 Å². The molecular weight excluding hydrogens is 248 g/mol. The Morgan fingerprint density at radius 1 is 0.700 bits per heavy atom. The van der Waals surface area contributed by atoms with Crippen molar-refractivity contribution in [1.29, 1.82) is 0 Å². The molecule has 0 spiro atoms. The van der Waals surface area contributed by atoms with Crippen LogP contribution in [0.5, 0.6) is 0 Å². The van der Waals surface area contributed by atoms with Crippen LogP contribution >= 0.6 is 0 Å². The van der Waals surface area contributed by atoms with E-state index in [1.807, 2.05) is 14.1 Å². The number of rotatable bonds is 7. The molecule has 0 unspecified atom stereocenters. The molecule has 106 valence electrons. The van der Waals surface area contributed by atoms with Crippen molar-refractivity contribution in [3.8, 4) is 0 Å². The molecule has 0 bridgehead atoms. The predicted molar refractivity (Wildman–Crippen MR) is 85.7 cm³/mol. The maximum atomic E-state index is 3.24. The van der Waals surface area contributed by atoms with Crippen LogP contribution in [0.15, 0.2) is 48.5 Å². The number of hydrogen-bond donors (Lipinski definition) is 4. The van der Waals surface area contributed by atoms with Crippen LogP contribution in [0, 0.1) is 0 Å². The van der Waals surface area contributed by atoms with Gasteiger partial charge in [0.1, 0.15) is 0 Å². The standard InChI is InChI=1S/C16H22N4/c1-17-15-8-6-13(7-9-15)11-19-20-12-14-4-3-5-16(10-14)18-2/h3-10,17-20H,11-12H2,1-2H3. The molecule has 0 aromatic heterocycles. The van der Waals surface area contributed by atoms with Gasteiger partial charge in [0.05, 0.1) is 0 Å². The smallest absolute Gasteiger partial charge is 0.0351 e. The van der Waals surface area contributed by atoms with Crippen molar-refractivity contribution in [3.05, 3.63) is 59.7 Å². The molecule has 0 fully saturated rings. The fourth-order valence-corrected chi connectivity index (χ4v) is 1.96. The number of hydrogen-bond acceptors (Lipinski definition) is 4. The molecular formula is C16H22N4. The minimum Gasteiger partial charge on any atom is -0.388 e. The molecule has 2 aromatic rings. The monoisotopic (exact) mass is 270 g/mol. The van der Waals surface area contributed by atoms with Gasteiger partial charge in [-0.25, -0.2) is 0 Å². The highest BCUT2D eigenvalue weighted by Gasteiger charge is 1.95. The van der Waals surface area contributed by atoms with Crippen LogP contribution in [0.25, 0.3) is 0 Å². The molecule has 2 aromatic carbocycles. The second-order valence-electron chi connectivity index (χ2n) is 4.60. The third kappa shape index (κ3) is 4.26. The molecule has 0 saturated heterocycles. The minimum absolute atomic E-state index is 0.796. The molecule has 0 aliphatic carbocycles. The zero-order chi connectivity index (χ0) is 14.2. The zero-order valence-corrected chi connectivity index (χ0v) is 12.0. The molecule has 0 atom stereocenters. The maximum Gasteiger partial charge on any atom is 0.0351 e. The Morgan fingerprint density at radius 2 is 1.35 bits per heavy atom. The van der Waals surface area contributed by atoms with Gasteiger partial charge in [0, 0.05) is 38.6 Å². The molecule has 0 heterocycles. The molecule has 0 aliphatic rings. The first-order chi connectivity index (χ1) is 9.81. The lowest BCUT2D eigenvalue weighted by Gasteiger charge is -2.09. The van der Waals surface area contributed by atoms with Gasteiger partial charge < -0.3 is 10.6 Å². The van der Waals surface area contributed by atoms with Gasteiger partial charge in [0.2, 0.25) is 0 Å². The van der Waals surface area contributed by atoms with E-state index >= 15 is 0 Å². The fourth-order valence-electron chi connectivity index (χ4n) is 1.96. The summed E-state index contributed by atoms with van der Waals surface area (Å²) < 4.78 is 0. The van der Waals surface area contributed by atoms with E-state index < -0.39 is 0 Å². The average Bonchev–Trinajstić information content (AvgIpc) is 2.52. The van der Waals surface area contributed by atoms with Crippen molar-refractivity contribution in [2.24, 2.45) is 0 Å². The van der Waals surface area contributed by atoms with Gasteiger partial charge in [-0.1, -0.05) is 24.3 Å². The van der Waals surface area contributed by atoms with Crippen molar-refractivity contribution >= 4 is 11.4 Å². The van der Waals surface area contributed by atoms with E-state index in [1.54, 1.807) is 0 Å². The fraction of sp³-hybridized carbons (Fsp3) is 0.250. The van der Waals surface area contributed by atoms with Crippen molar-refractivity contribution < 1.29 is 0 Å². The first-order valence-corrected chi connectivity index (χ1v) is 6.81. The summed E-state index contributed by atoms with van der Waals surface area (Å²) in [5.74, 6) is 0. The van der Waals surface area contributed by atoms with Crippen molar-refractivity contribution in [2.45, 2.75) is 13.1 Å². The Kier molecular flexibility index (Phi) is 5.41. The summed E-state index contributed by atoms with van der Waals surface area (Å²) in [6, 6.07) is 16.7. The number of benzene rings is 2. The highest BCUT2D eigenvalue weighted by atomic mass is 15.3. The molecule has 4 N–H and O–H groups in total. The van der Waals surface area contributed by atoms with Gasteiger partial charge in [-0.05, 0) is 35.4 Å². The summed E-state index contributed by atoms with van der Waals surface area (Å²) in [4.78, 5) is 0. The second-order valence-corrected chi connectivity index (χ2v) is 4.60. The predicted octanol–water partition coefficient (Wildman–Crippen LogP) is 2.56.